The molecule has 4 rings (SSSR count). The lowest BCUT2D eigenvalue weighted by Crippen LogP contribution is -2.07. The summed E-state index contributed by atoms with van der Waals surface area (Å²) in [4.78, 5) is 16.8. The summed E-state index contributed by atoms with van der Waals surface area (Å²) < 4.78 is 6.84. The van der Waals surface area contributed by atoms with Gasteiger partial charge in [-0.1, -0.05) is 46.6 Å². The molecule has 0 bridgehead atoms. The van der Waals surface area contributed by atoms with E-state index in [1.165, 1.54) is 0 Å². The van der Waals surface area contributed by atoms with Gasteiger partial charge in [-0.05, 0) is 54.4 Å². The molecule has 2 aromatic heterocycles. The third-order valence-electron chi connectivity index (χ3n) is 4.59. The first-order valence-corrected chi connectivity index (χ1v) is 9.87. The number of furan rings is 1. The van der Waals surface area contributed by atoms with Gasteiger partial charge in [0.15, 0.2) is 5.76 Å². The van der Waals surface area contributed by atoms with Crippen molar-refractivity contribution in [1.82, 2.24) is 4.98 Å². The molecule has 0 unspecified atom stereocenters. The number of aromatic carboxylic acids is 1. The molecule has 2 aromatic carbocycles. The molecule has 0 amide bonds. The van der Waals surface area contributed by atoms with Crippen molar-refractivity contribution in [2.45, 2.75) is 13.3 Å². The molecule has 0 aliphatic heterocycles. The summed E-state index contributed by atoms with van der Waals surface area (Å²) >= 11 is 9.68. The maximum atomic E-state index is 12.1. The fraction of sp³-hybridized carbons (Fsp3) is 0.0909. The van der Waals surface area contributed by atoms with Gasteiger partial charge in [0.25, 0.3) is 0 Å². The Labute approximate surface area is 174 Å². The van der Waals surface area contributed by atoms with E-state index in [2.05, 4.69) is 15.9 Å². The Morgan fingerprint density at radius 3 is 2.61 bits per heavy atom. The van der Waals surface area contributed by atoms with Crippen molar-refractivity contribution in [3.63, 3.8) is 0 Å². The lowest BCUT2D eigenvalue weighted by molar-refractivity contribution is 0.0698. The highest BCUT2D eigenvalue weighted by atomic mass is 79.9. The van der Waals surface area contributed by atoms with E-state index in [9.17, 15) is 9.90 Å². The number of pyridine rings is 1. The topological polar surface area (TPSA) is 63.3 Å². The predicted octanol–water partition coefficient (Wildman–Crippen LogP) is 6.84. The number of carboxylic acids is 1. The Balaban J connectivity index is 1.96. The quantitative estimate of drug-likeness (QED) is 0.365. The molecule has 4 nitrogen and oxygen atoms in total. The zero-order chi connectivity index (χ0) is 19.8. The minimum absolute atomic E-state index is 0.250. The maximum absolute atomic E-state index is 12.1. The second-order valence-electron chi connectivity index (χ2n) is 6.28. The van der Waals surface area contributed by atoms with Gasteiger partial charge >= 0.3 is 5.97 Å². The van der Waals surface area contributed by atoms with E-state index >= 15 is 0 Å². The second-order valence-corrected chi connectivity index (χ2v) is 7.60. The van der Waals surface area contributed by atoms with Crippen LogP contribution in [0, 0.1) is 0 Å². The average molecular weight is 457 g/mol. The van der Waals surface area contributed by atoms with Gasteiger partial charge in [-0.3, -0.25) is 0 Å². The van der Waals surface area contributed by atoms with Gasteiger partial charge < -0.3 is 9.52 Å². The molecule has 0 atom stereocenters. The smallest absolute Gasteiger partial charge is 0.336 e. The number of carboxylic acid groups (broad SMARTS) is 1. The van der Waals surface area contributed by atoms with E-state index in [1.54, 1.807) is 24.3 Å². The van der Waals surface area contributed by atoms with Gasteiger partial charge in [-0.2, -0.15) is 0 Å². The second kappa shape index (κ2) is 7.41. The van der Waals surface area contributed by atoms with Crippen LogP contribution in [0.4, 0.5) is 0 Å². The van der Waals surface area contributed by atoms with E-state index in [0.29, 0.717) is 45.1 Å². The van der Waals surface area contributed by atoms with Crippen molar-refractivity contribution >= 4 is 44.4 Å². The van der Waals surface area contributed by atoms with Crippen molar-refractivity contribution in [2.24, 2.45) is 0 Å². The molecule has 2 heterocycles. The highest BCUT2D eigenvalue weighted by Crippen LogP contribution is 2.36. The highest BCUT2D eigenvalue weighted by Gasteiger charge is 2.22. The molecule has 1 N–H and O–H groups in total. The zero-order valence-corrected chi connectivity index (χ0v) is 17.2. The van der Waals surface area contributed by atoms with Crippen LogP contribution in [0.1, 0.15) is 22.8 Å². The number of hydrogen-bond acceptors (Lipinski definition) is 3. The van der Waals surface area contributed by atoms with Gasteiger partial charge in [0, 0.05) is 15.4 Å². The lowest BCUT2D eigenvalue weighted by atomic mass is 9.97. The fourth-order valence-corrected chi connectivity index (χ4v) is 3.93. The van der Waals surface area contributed by atoms with Crippen LogP contribution < -0.4 is 0 Å². The van der Waals surface area contributed by atoms with E-state index in [0.717, 1.165) is 10.0 Å². The van der Waals surface area contributed by atoms with Gasteiger partial charge in [0.1, 0.15) is 11.5 Å². The SMILES string of the molecule is CCc1c(-c2ccc(-c3ccccc3Cl)o2)nc2ccc(Br)cc2c1C(=O)O. The summed E-state index contributed by atoms with van der Waals surface area (Å²) in [7, 11) is 0. The van der Waals surface area contributed by atoms with E-state index < -0.39 is 5.97 Å². The number of carbonyl (C=O) groups is 1. The fourth-order valence-electron chi connectivity index (χ4n) is 3.34. The van der Waals surface area contributed by atoms with Crippen LogP contribution in [0.2, 0.25) is 5.02 Å². The van der Waals surface area contributed by atoms with Crippen LogP contribution in [0.25, 0.3) is 33.7 Å². The van der Waals surface area contributed by atoms with Crippen LogP contribution in [0.5, 0.6) is 0 Å². The molecule has 4 aromatic rings. The van der Waals surface area contributed by atoms with Gasteiger partial charge in [-0.25, -0.2) is 9.78 Å². The first kappa shape index (κ1) is 18.7. The maximum Gasteiger partial charge on any atom is 0.336 e. The van der Waals surface area contributed by atoms with E-state index in [1.807, 2.05) is 37.3 Å². The van der Waals surface area contributed by atoms with Crippen LogP contribution in [-0.4, -0.2) is 16.1 Å². The molecule has 6 heteroatoms. The summed E-state index contributed by atoms with van der Waals surface area (Å²) in [5, 5.41) is 11.1. The molecule has 0 spiro atoms. The summed E-state index contributed by atoms with van der Waals surface area (Å²) in [5.74, 6) is 0.137. The number of benzene rings is 2. The molecule has 0 saturated carbocycles. The predicted molar refractivity (Wildman–Crippen MR) is 114 cm³/mol. The molecule has 0 saturated heterocycles. The van der Waals surface area contributed by atoms with Crippen molar-refractivity contribution < 1.29 is 14.3 Å². The standard InChI is InChI=1S/C22H15BrClNO3/c1-2-13-20(22(26)27)15-11-12(23)7-8-17(15)25-21(13)19-10-9-18(28-19)14-5-3-4-6-16(14)24/h3-11H,2H2,1H3,(H,26,27). The summed E-state index contributed by atoms with van der Waals surface area (Å²) in [6.45, 7) is 1.91. The number of fused-ring (bicyclic) bond motifs is 1. The number of nitrogens with zero attached hydrogens (tertiary/aromatic N) is 1. The average Bonchev–Trinajstić information content (AvgIpc) is 3.16. The van der Waals surface area contributed by atoms with Gasteiger partial charge in [-0.15, -0.1) is 0 Å². The Hall–Kier alpha value is -2.63. The highest BCUT2D eigenvalue weighted by molar-refractivity contribution is 9.10. The van der Waals surface area contributed by atoms with Crippen LogP contribution in [0.15, 0.2) is 63.5 Å². The molecular formula is C22H15BrClNO3. The number of halogens is 2. The summed E-state index contributed by atoms with van der Waals surface area (Å²) in [6, 6.07) is 16.5. The monoisotopic (exact) mass is 455 g/mol. The first-order valence-electron chi connectivity index (χ1n) is 8.70. The third-order valence-corrected chi connectivity index (χ3v) is 5.42. The Kier molecular flexibility index (Phi) is 4.96. The molecule has 0 fully saturated rings. The normalized spacial score (nSPS) is 11.1. The Bertz CT molecular complexity index is 1220. The van der Waals surface area contributed by atoms with Crippen LogP contribution in [-0.2, 0) is 6.42 Å². The van der Waals surface area contributed by atoms with Crippen LogP contribution in [0.3, 0.4) is 0 Å². The number of hydrogen-bond donors (Lipinski definition) is 1. The van der Waals surface area contributed by atoms with Crippen molar-refractivity contribution in [3.05, 3.63) is 75.2 Å². The van der Waals surface area contributed by atoms with Crippen molar-refractivity contribution in [2.75, 3.05) is 0 Å². The number of aromatic nitrogens is 1. The van der Waals surface area contributed by atoms with Crippen molar-refractivity contribution in [3.8, 4) is 22.8 Å². The number of rotatable bonds is 4. The van der Waals surface area contributed by atoms with Crippen molar-refractivity contribution in [1.29, 1.82) is 0 Å². The minimum Gasteiger partial charge on any atom is -0.478 e. The summed E-state index contributed by atoms with van der Waals surface area (Å²) in [5.41, 5.74) is 2.80. The first-order chi connectivity index (χ1) is 13.5. The Morgan fingerprint density at radius 1 is 1.14 bits per heavy atom. The minimum atomic E-state index is -0.985. The molecular weight excluding hydrogens is 442 g/mol. The zero-order valence-electron chi connectivity index (χ0n) is 14.9. The Morgan fingerprint density at radius 2 is 1.89 bits per heavy atom. The molecule has 0 aliphatic rings. The van der Waals surface area contributed by atoms with E-state index in [-0.39, 0.29) is 5.56 Å². The van der Waals surface area contributed by atoms with E-state index in [4.69, 9.17) is 21.0 Å². The third kappa shape index (κ3) is 3.21. The lowest BCUT2D eigenvalue weighted by Gasteiger charge is -2.12. The molecule has 28 heavy (non-hydrogen) atoms. The van der Waals surface area contributed by atoms with Gasteiger partial charge in [0.05, 0.1) is 16.1 Å². The molecule has 0 aliphatic carbocycles. The molecule has 140 valence electrons. The molecule has 0 radical (unpaired) electrons. The largest absolute Gasteiger partial charge is 0.478 e. The van der Waals surface area contributed by atoms with Gasteiger partial charge in [0.2, 0.25) is 0 Å². The summed E-state index contributed by atoms with van der Waals surface area (Å²) in [6.07, 6.45) is 0.508. The van der Waals surface area contributed by atoms with Crippen LogP contribution >= 0.6 is 27.5 Å².